The van der Waals surface area contributed by atoms with Gasteiger partial charge in [-0.3, -0.25) is 0 Å². The van der Waals surface area contributed by atoms with Gasteiger partial charge in [0.25, 0.3) is 0 Å². The maximum atomic E-state index is 13.2. The largest absolute Gasteiger partial charge is 0.380 e. The van der Waals surface area contributed by atoms with Crippen LogP contribution in [0.3, 0.4) is 0 Å². The van der Waals surface area contributed by atoms with Gasteiger partial charge in [-0.25, -0.2) is 8.42 Å². The molecule has 7 heteroatoms. The van der Waals surface area contributed by atoms with Crippen LogP contribution in [-0.2, 0) is 14.6 Å². The molecule has 26 heavy (non-hydrogen) atoms. The molecule has 0 radical (unpaired) electrons. The van der Waals surface area contributed by atoms with Gasteiger partial charge in [-0.05, 0) is 48.9 Å². The molecule has 1 fully saturated rings. The number of nitriles is 1. The van der Waals surface area contributed by atoms with E-state index in [1.807, 2.05) is 6.92 Å². The Labute approximate surface area is 163 Å². The molecule has 0 heterocycles. The van der Waals surface area contributed by atoms with Crippen LogP contribution in [0.25, 0.3) is 0 Å². The van der Waals surface area contributed by atoms with Crippen LogP contribution in [0.2, 0.25) is 10.0 Å². The van der Waals surface area contributed by atoms with Crippen LogP contribution < -0.4 is 0 Å². The quantitative estimate of drug-likeness (QED) is 0.704. The van der Waals surface area contributed by atoms with Crippen molar-refractivity contribution in [2.24, 2.45) is 5.41 Å². The summed E-state index contributed by atoms with van der Waals surface area (Å²) >= 11 is 11.8. The summed E-state index contributed by atoms with van der Waals surface area (Å²) in [5.74, 6) is -0.475. The number of benzene rings is 2. The Morgan fingerprint density at radius 3 is 2.12 bits per heavy atom. The Morgan fingerprint density at radius 2 is 1.62 bits per heavy atom. The fourth-order valence-electron chi connectivity index (χ4n) is 3.38. The number of hydrogen-bond acceptors (Lipinski definition) is 4. The van der Waals surface area contributed by atoms with Gasteiger partial charge in [-0.15, -0.1) is 0 Å². The molecule has 0 amide bonds. The summed E-state index contributed by atoms with van der Waals surface area (Å²) in [6, 6.07) is 15.2. The first-order valence-corrected chi connectivity index (χ1v) is 10.4. The van der Waals surface area contributed by atoms with Crippen molar-refractivity contribution in [2.75, 3.05) is 13.2 Å². The van der Waals surface area contributed by atoms with Crippen LogP contribution in [0.1, 0.15) is 18.4 Å². The maximum absolute atomic E-state index is 13.2. The van der Waals surface area contributed by atoms with Crippen molar-refractivity contribution in [1.29, 1.82) is 5.26 Å². The molecule has 0 N–H and O–H groups in total. The Hall–Kier alpha value is -1.58. The lowest BCUT2D eigenvalue weighted by Crippen LogP contribution is -2.19. The van der Waals surface area contributed by atoms with Crippen molar-refractivity contribution in [3.05, 3.63) is 64.1 Å². The average Bonchev–Trinajstić information content (AvgIpc) is 3.31. The highest BCUT2D eigenvalue weighted by molar-refractivity contribution is 7.92. The van der Waals surface area contributed by atoms with E-state index in [2.05, 4.69) is 6.07 Å². The summed E-state index contributed by atoms with van der Waals surface area (Å²) in [6.07, 6.45) is 0. The van der Waals surface area contributed by atoms with E-state index in [-0.39, 0.29) is 11.5 Å². The molecule has 3 rings (SSSR count). The zero-order valence-corrected chi connectivity index (χ0v) is 16.4. The minimum atomic E-state index is -3.73. The first-order valence-electron chi connectivity index (χ1n) is 8.10. The Bertz CT molecular complexity index is 936. The van der Waals surface area contributed by atoms with Crippen LogP contribution in [0.15, 0.2) is 53.4 Å². The minimum Gasteiger partial charge on any atom is -0.380 e. The second-order valence-electron chi connectivity index (χ2n) is 6.24. The smallest absolute Gasteiger partial charge is 0.183 e. The van der Waals surface area contributed by atoms with Crippen LogP contribution in [0.4, 0.5) is 0 Å². The molecule has 3 atom stereocenters. The minimum absolute atomic E-state index is 0.0603. The third-order valence-electron chi connectivity index (χ3n) is 4.72. The third kappa shape index (κ3) is 3.23. The van der Waals surface area contributed by atoms with Gasteiger partial charge in [0.05, 0.1) is 22.8 Å². The highest BCUT2D eigenvalue weighted by Gasteiger charge is 2.72. The second kappa shape index (κ2) is 7.21. The molecule has 2 aromatic carbocycles. The standard InChI is InChI=1S/C19H17Cl2NO3S/c1-2-25-12-19(11-22)17(13-3-5-14(20)6-4-13)18(19)26(23,24)16-9-7-15(21)8-10-16/h3-10,17-18H,2,12H2,1H3/t17-,18-,19-/m0/s1. The fraction of sp³-hybridized carbons (Fsp3) is 0.316. The van der Waals surface area contributed by atoms with Gasteiger partial charge < -0.3 is 4.74 Å². The van der Waals surface area contributed by atoms with Crippen molar-refractivity contribution in [3.8, 4) is 6.07 Å². The number of hydrogen-bond donors (Lipinski definition) is 0. The lowest BCUT2D eigenvalue weighted by molar-refractivity contribution is 0.117. The number of rotatable bonds is 6. The third-order valence-corrected chi connectivity index (χ3v) is 7.51. The van der Waals surface area contributed by atoms with E-state index in [9.17, 15) is 13.7 Å². The Kier molecular flexibility index (Phi) is 5.32. The molecule has 1 aliphatic carbocycles. The van der Waals surface area contributed by atoms with Gasteiger partial charge in [0.2, 0.25) is 0 Å². The normalized spacial score (nSPS) is 24.8. The van der Waals surface area contributed by atoms with Crippen LogP contribution in [0.5, 0.6) is 0 Å². The molecule has 136 valence electrons. The lowest BCUT2D eigenvalue weighted by atomic mass is 10.0. The highest BCUT2D eigenvalue weighted by Crippen LogP contribution is 2.64. The van der Waals surface area contributed by atoms with E-state index in [1.54, 1.807) is 24.3 Å². The highest BCUT2D eigenvalue weighted by atomic mass is 35.5. The zero-order chi connectivity index (χ0) is 18.9. The number of nitrogens with zero attached hydrogens (tertiary/aromatic N) is 1. The molecule has 0 bridgehead atoms. The van der Waals surface area contributed by atoms with Crippen LogP contribution in [0, 0.1) is 16.7 Å². The summed E-state index contributed by atoms with van der Waals surface area (Å²) in [5, 5.41) is 9.98. The van der Waals surface area contributed by atoms with E-state index >= 15 is 0 Å². The van der Waals surface area contributed by atoms with E-state index < -0.39 is 26.4 Å². The molecule has 0 aliphatic heterocycles. The summed E-state index contributed by atoms with van der Waals surface area (Å²) in [5.41, 5.74) is -0.360. The SMILES string of the molecule is CCOC[C@@]1(C#N)[C@@H](c2ccc(Cl)cc2)[C@@H]1S(=O)(=O)c1ccc(Cl)cc1. The molecule has 1 aliphatic rings. The first kappa shape index (κ1) is 19.2. The van der Waals surface area contributed by atoms with Crippen LogP contribution >= 0.6 is 23.2 Å². The Morgan fingerprint density at radius 1 is 1.08 bits per heavy atom. The molecule has 2 aromatic rings. The lowest BCUT2D eigenvalue weighted by Gasteiger charge is -2.10. The summed E-state index contributed by atoms with van der Waals surface area (Å²) in [4.78, 5) is 0.152. The predicted octanol–water partition coefficient (Wildman–Crippen LogP) is 4.48. The van der Waals surface area contributed by atoms with Gasteiger partial charge in [-0.1, -0.05) is 35.3 Å². The van der Waals surface area contributed by atoms with Crippen molar-refractivity contribution in [1.82, 2.24) is 0 Å². The van der Waals surface area contributed by atoms with Crippen molar-refractivity contribution in [2.45, 2.75) is 23.0 Å². The molecule has 0 aromatic heterocycles. The van der Waals surface area contributed by atoms with E-state index in [4.69, 9.17) is 27.9 Å². The summed E-state index contributed by atoms with van der Waals surface area (Å²) in [7, 11) is -3.73. The molecular formula is C19H17Cl2NO3S. The van der Waals surface area contributed by atoms with Crippen LogP contribution in [-0.4, -0.2) is 26.9 Å². The second-order valence-corrected chi connectivity index (χ2v) is 9.18. The molecule has 0 unspecified atom stereocenters. The topological polar surface area (TPSA) is 67.2 Å². The average molecular weight is 410 g/mol. The molecule has 0 spiro atoms. The van der Waals surface area contributed by atoms with E-state index in [0.29, 0.717) is 16.7 Å². The van der Waals surface area contributed by atoms with Gasteiger partial charge in [-0.2, -0.15) is 5.26 Å². The molecule has 0 saturated heterocycles. The fourth-order valence-corrected chi connectivity index (χ4v) is 5.94. The first-order chi connectivity index (χ1) is 12.4. The monoisotopic (exact) mass is 409 g/mol. The van der Waals surface area contributed by atoms with Gasteiger partial charge in [0.1, 0.15) is 5.41 Å². The molecular weight excluding hydrogens is 393 g/mol. The predicted molar refractivity (Wildman–Crippen MR) is 101 cm³/mol. The summed E-state index contributed by atoms with van der Waals surface area (Å²) in [6.45, 7) is 2.28. The number of halogens is 2. The van der Waals surface area contributed by atoms with Crippen molar-refractivity contribution >= 4 is 33.0 Å². The van der Waals surface area contributed by atoms with Gasteiger partial charge >= 0.3 is 0 Å². The number of sulfone groups is 1. The van der Waals surface area contributed by atoms with Gasteiger partial charge in [0.15, 0.2) is 9.84 Å². The summed E-state index contributed by atoms with van der Waals surface area (Å²) < 4.78 is 31.9. The maximum Gasteiger partial charge on any atom is 0.183 e. The Balaban J connectivity index is 2.05. The molecule has 4 nitrogen and oxygen atoms in total. The van der Waals surface area contributed by atoms with E-state index in [1.165, 1.54) is 24.3 Å². The van der Waals surface area contributed by atoms with E-state index in [0.717, 1.165) is 5.56 Å². The zero-order valence-electron chi connectivity index (χ0n) is 14.0. The molecule has 1 saturated carbocycles. The van der Waals surface area contributed by atoms with Gasteiger partial charge in [0, 0.05) is 22.6 Å². The van der Waals surface area contributed by atoms with Crippen molar-refractivity contribution < 1.29 is 13.2 Å². The number of ether oxygens (including phenoxy) is 1. The van der Waals surface area contributed by atoms with Crippen molar-refractivity contribution in [3.63, 3.8) is 0 Å².